The Morgan fingerprint density at radius 1 is 1.79 bits per heavy atom. The molecule has 1 unspecified atom stereocenters. The average Bonchev–Trinajstić information content (AvgIpc) is 2.07. The van der Waals surface area contributed by atoms with Crippen molar-refractivity contribution < 1.29 is 4.79 Å². The van der Waals surface area contributed by atoms with E-state index in [1.807, 2.05) is 0 Å². The first-order valence-electron chi connectivity index (χ1n) is 4.24. The van der Waals surface area contributed by atoms with Crippen molar-refractivity contribution in [2.45, 2.75) is 19.4 Å². The summed E-state index contributed by atoms with van der Waals surface area (Å²) in [6, 6.07) is 1.45. The van der Waals surface area contributed by atoms with Crippen molar-refractivity contribution in [3.8, 4) is 0 Å². The average molecular weight is 214 g/mol. The van der Waals surface area contributed by atoms with Crippen LogP contribution in [0.25, 0.3) is 0 Å². The Morgan fingerprint density at radius 3 is 3.07 bits per heavy atom. The smallest absolute Gasteiger partial charge is 0.226 e. The van der Waals surface area contributed by atoms with Crippen molar-refractivity contribution in [1.29, 1.82) is 0 Å². The summed E-state index contributed by atoms with van der Waals surface area (Å²) in [5, 5.41) is 3.10. The molecule has 0 radical (unpaired) electrons. The molecular formula is C9H12ClN3O. The van der Waals surface area contributed by atoms with E-state index in [4.69, 9.17) is 17.3 Å². The van der Waals surface area contributed by atoms with Crippen molar-refractivity contribution in [1.82, 2.24) is 4.98 Å². The van der Waals surface area contributed by atoms with E-state index in [-0.39, 0.29) is 18.4 Å². The Labute approximate surface area is 87.5 Å². The molecule has 0 spiro atoms. The van der Waals surface area contributed by atoms with Gasteiger partial charge in [0.15, 0.2) is 0 Å². The van der Waals surface area contributed by atoms with E-state index in [2.05, 4.69) is 10.3 Å². The summed E-state index contributed by atoms with van der Waals surface area (Å²) < 4.78 is 0. The Morgan fingerprint density at radius 2 is 2.50 bits per heavy atom. The zero-order valence-corrected chi connectivity index (χ0v) is 8.58. The van der Waals surface area contributed by atoms with Gasteiger partial charge in [0, 0.05) is 18.7 Å². The molecule has 1 amide bonds. The molecule has 1 aromatic rings. The number of carbonyl (C=O) groups excluding carboxylic acids is 1. The van der Waals surface area contributed by atoms with Crippen LogP contribution in [0.5, 0.6) is 0 Å². The van der Waals surface area contributed by atoms with Crippen molar-refractivity contribution in [2.24, 2.45) is 5.73 Å². The molecule has 0 saturated carbocycles. The summed E-state index contributed by atoms with van der Waals surface area (Å²) in [4.78, 5) is 15.1. The van der Waals surface area contributed by atoms with E-state index in [0.29, 0.717) is 10.7 Å². The second-order valence-electron chi connectivity index (χ2n) is 3.09. The Bertz CT molecular complexity index is 328. The fourth-order valence-corrected chi connectivity index (χ4v) is 1.12. The monoisotopic (exact) mass is 213 g/mol. The Hall–Kier alpha value is -1.13. The lowest BCUT2D eigenvalue weighted by molar-refractivity contribution is -0.116. The molecule has 1 atom stereocenters. The van der Waals surface area contributed by atoms with Gasteiger partial charge in [-0.05, 0) is 13.0 Å². The van der Waals surface area contributed by atoms with Crippen LogP contribution in [0, 0.1) is 0 Å². The maximum absolute atomic E-state index is 11.3. The molecule has 76 valence electrons. The molecule has 0 fully saturated rings. The highest BCUT2D eigenvalue weighted by molar-refractivity contribution is 6.33. The number of nitrogens with zero attached hydrogens (tertiary/aromatic N) is 1. The van der Waals surface area contributed by atoms with Gasteiger partial charge in [-0.15, -0.1) is 0 Å². The molecule has 0 aliphatic rings. The van der Waals surface area contributed by atoms with Gasteiger partial charge in [0.05, 0.1) is 16.9 Å². The highest BCUT2D eigenvalue weighted by atomic mass is 35.5. The van der Waals surface area contributed by atoms with Gasteiger partial charge in [-0.25, -0.2) is 0 Å². The van der Waals surface area contributed by atoms with Crippen LogP contribution >= 0.6 is 11.6 Å². The quantitative estimate of drug-likeness (QED) is 0.798. The zero-order valence-electron chi connectivity index (χ0n) is 7.83. The second kappa shape index (κ2) is 4.93. The molecule has 0 aliphatic heterocycles. The lowest BCUT2D eigenvalue weighted by Crippen LogP contribution is -2.24. The largest absolute Gasteiger partial charge is 0.327 e. The highest BCUT2D eigenvalue weighted by Crippen LogP contribution is 2.19. The van der Waals surface area contributed by atoms with Crippen LogP contribution < -0.4 is 11.1 Å². The number of hydrogen-bond acceptors (Lipinski definition) is 3. The number of aromatic nitrogens is 1. The van der Waals surface area contributed by atoms with Crippen LogP contribution in [0.1, 0.15) is 13.3 Å². The van der Waals surface area contributed by atoms with Gasteiger partial charge in [-0.2, -0.15) is 0 Å². The van der Waals surface area contributed by atoms with Gasteiger partial charge in [0.1, 0.15) is 0 Å². The summed E-state index contributed by atoms with van der Waals surface area (Å²) in [6.45, 7) is 1.77. The molecule has 5 heteroatoms. The third-order valence-corrected chi connectivity index (χ3v) is 1.88. The van der Waals surface area contributed by atoms with Gasteiger partial charge < -0.3 is 11.1 Å². The second-order valence-corrected chi connectivity index (χ2v) is 3.49. The third-order valence-electron chi connectivity index (χ3n) is 1.55. The number of nitrogens with one attached hydrogen (secondary N) is 1. The number of halogens is 1. The normalized spacial score (nSPS) is 12.2. The first kappa shape index (κ1) is 10.9. The lowest BCUT2D eigenvalue weighted by Gasteiger charge is -2.07. The minimum atomic E-state index is -0.162. The predicted molar refractivity (Wildman–Crippen MR) is 56.1 cm³/mol. The number of nitrogens with two attached hydrogens (primary N) is 1. The molecule has 0 aliphatic carbocycles. The van der Waals surface area contributed by atoms with Crippen LogP contribution in [-0.4, -0.2) is 16.9 Å². The summed E-state index contributed by atoms with van der Waals surface area (Å²) in [7, 11) is 0. The van der Waals surface area contributed by atoms with E-state index in [1.165, 1.54) is 6.20 Å². The molecule has 0 aromatic carbocycles. The van der Waals surface area contributed by atoms with Gasteiger partial charge in [-0.3, -0.25) is 9.78 Å². The summed E-state index contributed by atoms with van der Waals surface area (Å²) in [5.41, 5.74) is 5.99. The van der Waals surface area contributed by atoms with Crippen LogP contribution in [0.3, 0.4) is 0 Å². The fourth-order valence-electron chi connectivity index (χ4n) is 0.963. The Balaban J connectivity index is 2.61. The fraction of sp³-hybridized carbons (Fsp3) is 0.333. The van der Waals surface area contributed by atoms with Crippen molar-refractivity contribution in [3.05, 3.63) is 23.5 Å². The van der Waals surface area contributed by atoms with E-state index < -0.39 is 0 Å². The van der Waals surface area contributed by atoms with E-state index >= 15 is 0 Å². The minimum absolute atomic E-state index is 0.157. The summed E-state index contributed by atoms with van der Waals surface area (Å²) in [6.07, 6.45) is 3.33. The number of pyridine rings is 1. The number of rotatable bonds is 3. The molecule has 1 aromatic heterocycles. The van der Waals surface area contributed by atoms with Crippen molar-refractivity contribution >= 4 is 23.2 Å². The lowest BCUT2D eigenvalue weighted by atomic mass is 10.2. The van der Waals surface area contributed by atoms with Gasteiger partial charge in [0.25, 0.3) is 0 Å². The van der Waals surface area contributed by atoms with Gasteiger partial charge >= 0.3 is 0 Å². The molecule has 1 heterocycles. The molecule has 14 heavy (non-hydrogen) atoms. The summed E-state index contributed by atoms with van der Waals surface area (Å²) >= 11 is 5.82. The SMILES string of the molecule is CC(N)CC(=O)Nc1cnccc1Cl. The van der Waals surface area contributed by atoms with E-state index in [0.717, 1.165) is 0 Å². The molecule has 0 saturated heterocycles. The molecule has 0 bridgehead atoms. The minimum Gasteiger partial charge on any atom is -0.327 e. The van der Waals surface area contributed by atoms with Crippen LogP contribution in [-0.2, 0) is 4.79 Å². The maximum Gasteiger partial charge on any atom is 0.226 e. The van der Waals surface area contributed by atoms with Crippen LogP contribution in [0.2, 0.25) is 5.02 Å². The Kier molecular flexibility index (Phi) is 3.85. The third kappa shape index (κ3) is 3.32. The summed E-state index contributed by atoms with van der Waals surface area (Å²) in [5.74, 6) is -0.157. The predicted octanol–water partition coefficient (Wildman–Crippen LogP) is 1.41. The highest BCUT2D eigenvalue weighted by Gasteiger charge is 2.07. The first-order chi connectivity index (χ1) is 6.59. The maximum atomic E-state index is 11.3. The molecule has 3 N–H and O–H groups in total. The van der Waals surface area contributed by atoms with Gasteiger partial charge in [0.2, 0.25) is 5.91 Å². The van der Waals surface area contributed by atoms with E-state index in [1.54, 1.807) is 19.2 Å². The van der Waals surface area contributed by atoms with Crippen molar-refractivity contribution in [2.75, 3.05) is 5.32 Å². The number of amides is 1. The van der Waals surface area contributed by atoms with Crippen LogP contribution in [0.4, 0.5) is 5.69 Å². The number of anilines is 1. The molecular weight excluding hydrogens is 202 g/mol. The molecule has 1 rings (SSSR count). The van der Waals surface area contributed by atoms with Crippen molar-refractivity contribution in [3.63, 3.8) is 0 Å². The van der Waals surface area contributed by atoms with Crippen LogP contribution in [0.15, 0.2) is 18.5 Å². The standard InChI is InChI=1S/C9H12ClN3O/c1-6(11)4-9(14)13-8-5-12-3-2-7(8)10/h2-3,5-6H,4,11H2,1H3,(H,13,14). The number of carbonyl (C=O) groups is 1. The first-order valence-corrected chi connectivity index (χ1v) is 4.62. The van der Waals surface area contributed by atoms with Gasteiger partial charge in [-0.1, -0.05) is 11.6 Å². The molecule has 4 nitrogen and oxygen atoms in total. The topological polar surface area (TPSA) is 68.0 Å². The zero-order chi connectivity index (χ0) is 10.6. The number of hydrogen-bond donors (Lipinski definition) is 2. The van der Waals surface area contributed by atoms with E-state index in [9.17, 15) is 4.79 Å².